The highest BCUT2D eigenvalue weighted by Gasteiger charge is 2.49. The maximum absolute atomic E-state index is 12.4. The van der Waals surface area contributed by atoms with E-state index in [2.05, 4.69) is 15.1 Å². The van der Waals surface area contributed by atoms with Gasteiger partial charge in [-0.25, -0.2) is 10.2 Å². The molecule has 3 aliphatic rings. The molecule has 0 aromatic carbocycles. The summed E-state index contributed by atoms with van der Waals surface area (Å²) < 4.78 is 34.8. The largest absolute Gasteiger partial charge is 0.418 e. The Bertz CT molecular complexity index is 609. The van der Waals surface area contributed by atoms with Crippen molar-refractivity contribution in [2.45, 2.75) is 43.8 Å². The summed E-state index contributed by atoms with van der Waals surface area (Å²) in [5.41, 5.74) is 5.68. The molecular formula is C12H20N4O6S2. The number of hydrogen-bond donors (Lipinski definition) is 3. The van der Waals surface area contributed by atoms with Crippen LogP contribution in [-0.2, 0) is 19.5 Å². The Labute approximate surface area is 144 Å². The van der Waals surface area contributed by atoms with Crippen LogP contribution in [0.4, 0.5) is 4.79 Å². The summed E-state index contributed by atoms with van der Waals surface area (Å²) in [5, 5.41) is 0.633. The lowest BCUT2D eigenvalue weighted by Crippen LogP contribution is -2.55. The molecule has 0 spiro atoms. The van der Waals surface area contributed by atoms with Gasteiger partial charge < -0.3 is 4.90 Å². The molecule has 0 radical (unpaired) electrons. The number of carbonyl (C=O) groups is 2. The number of urea groups is 1. The highest BCUT2D eigenvalue weighted by molar-refractivity contribution is 7.99. The predicted octanol–water partition coefficient (Wildman–Crippen LogP) is -0.494. The second-order valence-corrected chi connectivity index (χ2v) is 8.26. The molecule has 3 fully saturated rings. The van der Waals surface area contributed by atoms with Crippen LogP contribution in [-0.4, -0.2) is 71.0 Å². The average molecular weight is 380 g/mol. The molecule has 3 rings (SSSR count). The summed E-state index contributed by atoms with van der Waals surface area (Å²) in [6, 6.07) is -1.69. The van der Waals surface area contributed by atoms with Gasteiger partial charge in [0.1, 0.15) is 6.04 Å². The van der Waals surface area contributed by atoms with Gasteiger partial charge in [0.05, 0.1) is 6.04 Å². The van der Waals surface area contributed by atoms with E-state index >= 15 is 0 Å². The molecule has 12 heteroatoms. The van der Waals surface area contributed by atoms with E-state index in [-0.39, 0.29) is 18.5 Å². The van der Waals surface area contributed by atoms with Crippen molar-refractivity contribution in [3.63, 3.8) is 0 Å². The number of hydrogen-bond acceptors (Lipinski definition) is 7. The number of rotatable bonds is 5. The third-order valence-electron chi connectivity index (χ3n) is 4.42. The summed E-state index contributed by atoms with van der Waals surface area (Å²) in [4.78, 5) is 25.9. The van der Waals surface area contributed by atoms with Crippen molar-refractivity contribution in [1.82, 2.24) is 20.8 Å². The third-order valence-corrected chi connectivity index (χ3v) is 5.82. The molecule has 0 aliphatic carbocycles. The van der Waals surface area contributed by atoms with E-state index in [0.29, 0.717) is 17.9 Å². The predicted molar refractivity (Wildman–Crippen MR) is 85.0 cm³/mol. The minimum atomic E-state index is -4.78. The first kappa shape index (κ1) is 17.7. The van der Waals surface area contributed by atoms with Gasteiger partial charge in [0.15, 0.2) is 0 Å². The Kier molecular flexibility index (Phi) is 5.20. The monoisotopic (exact) mass is 380 g/mol. The number of fused-ring (bicyclic) bond motifs is 2. The van der Waals surface area contributed by atoms with Crippen LogP contribution in [0, 0.1) is 0 Å². The molecule has 3 saturated heterocycles. The zero-order valence-corrected chi connectivity index (χ0v) is 14.5. The first-order valence-corrected chi connectivity index (χ1v) is 10.3. The van der Waals surface area contributed by atoms with Crippen LogP contribution in [0.3, 0.4) is 0 Å². The fourth-order valence-electron chi connectivity index (χ4n) is 3.20. The van der Waals surface area contributed by atoms with E-state index < -0.39 is 28.5 Å². The Morgan fingerprint density at radius 2 is 1.96 bits per heavy atom. The number of carbonyl (C=O) groups excluding carboxylic acids is 2. The maximum atomic E-state index is 12.4. The summed E-state index contributed by atoms with van der Waals surface area (Å²) in [6.07, 6.45) is 2.75. The summed E-state index contributed by atoms with van der Waals surface area (Å²) in [6.45, 7) is 0.187. The number of nitrogens with one attached hydrogen (secondary N) is 2. The molecule has 2 atom stereocenters. The standard InChI is InChI=1S/C12H20N4O6S2/c17-11(14-13-8-3-5-23-6-4-8)10-2-1-9-7-15(10)12(18)16(9)22-24(19,20)21/h8-10,13H,1-7H2,(H,14,17)(H,19,20,21)/t9?,10-/m0/s1. The Morgan fingerprint density at radius 1 is 1.25 bits per heavy atom. The Balaban J connectivity index is 1.58. The number of nitrogens with zero attached hydrogens (tertiary/aromatic N) is 2. The van der Waals surface area contributed by atoms with Crippen molar-refractivity contribution in [3.05, 3.63) is 0 Å². The second kappa shape index (κ2) is 7.04. The van der Waals surface area contributed by atoms with Crippen LogP contribution in [0.2, 0.25) is 0 Å². The Hall–Kier alpha value is -1.08. The van der Waals surface area contributed by atoms with E-state index in [9.17, 15) is 18.0 Å². The molecular weight excluding hydrogens is 360 g/mol. The molecule has 3 aliphatic heterocycles. The fraction of sp³-hybridized carbons (Fsp3) is 0.833. The van der Waals surface area contributed by atoms with Crippen LogP contribution < -0.4 is 10.9 Å². The molecule has 0 aromatic rings. The van der Waals surface area contributed by atoms with Gasteiger partial charge in [-0.3, -0.25) is 14.8 Å². The highest BCUT2D eigenvalue weighted by atomic mass is 32.3. The maximum Gasteiger partial charge on any atom is 0.418 e. The van der Waals surface area contributed by atoms with Crippen molar-refractivity contribution in [1.29, 1.82) is 0 Å². The lowest BCUT2D eigenvalue weighted by Gasteiger charge is -2.30. The van der Waals surface area contributed by atoms with Gasteiger partial charge in [0.2, 0.25) is 0 Å². The number of piperidine rings is 1. The highest BCUT2D eigenvalue weighted by Crippen LogP contribution is 2.30. The molecule has 3 heterocycles. The van der Waals surface area contributed by atoms with Crippen molar-refractivity contribution < 1.29 is 26.8 Å². The van der Waals surface area contributed by atoms with E-state index in [0.717, 1.165) is 24.3 Å². The first-order chi connectivity index (χ1) is 11.3. The number of hydrazine groups is 1. The quantitative estimate of drug-likeness (QED) is 0.430. The third kappa shape index (κ3) is 3.94. The van der Waals surface area contributed by atoms with Gasteiger partial charge in [-0.15, -0.1) is 4.28 Å². The van der Waals surface area contributed by atoms with E-state index in [4.69, 9.17) is 4.55 Å². The zero-order valence-electron chi connectivity index (χ0n) is 12.9. The zero-order chi connectivity index (χ0) is 17.3. The van der Waals surface area contributed by atoms with E-state index in [1.54, 1.807) is 0 Å². The number of hydroxylamine groups is 2. The first-order valence-electron chi connectivity index (χ1n) is 7.75. The van der Waals surface area contributed by atoms with Crippen molar-refractivity contribution in [2.24, 2.45) is 0 Å². The molecule has 24 heavy (non-hydrogen) atoms. The van der Waals surface area contributed by atoms with Crippen LogP contribution in [0.25, 0.3) is 0 Å². The normalized spacial score (nSPS) is 28.3. The molecule has 1 unspecified atom stereocenters. The average Bonchev–Trinajstić information content (AvgIpc) is 2.77. The minimum Gasteiger partial charge on any atom is -0.309 e. The van der Waals surface area contributed by atoms with Gasteiger partial charge >= 0.3 is 16.4 Å². The van der Waals surface area contributed by atoms with Gasteiger partial charge in [0, 0.05) is 12.6 Å². The van der Waals surface area contributed by atoms with Gasteiger partial charge in [-0.2, -0.15) is 25.2 Å². The van der Waals surface area contributed by atoms with Crippen LogP contribution in [0.15, 0.2) is 0 Å². The van der Waals surface area contributed by atoms with E-state index in [1.165, 1.54) is 4.90 Å². The molecule has 0 aromatic heterocycles. The smallest absolute Gasteiger partial charge is 0.309 e. The fourth-order valence-corrected chi connectivity index (χ4v) is 4.70. The second-order valence-electron chi connectivity index (χ2n) is 6.03. The van der Waals surface area contributed by atoms with Crippen molar-refractivity contribution in [3.8, 4) is 0 Å². The lowest BCUT2D eigenvalue weighted by molar-refractivity contribution is -0.127. The summed E-state index contributed by atoms with van der Waals surface area (Å²) >= 11 is 1.88. The molecule has 10 nitrogen and oxygen atoms in total. The Morgan fingerprint density at radius 3 is 2.62 bits per heavy atom. The molecule has 3 amide bonds. The van der Waals surface area contributed by atoms with Crippen LogP contribution in [0.1, 0.15) is 25.7 Å². The van der Waals surface area contributed by atoms with Crippen molar-refractivity contribution >= 4 is 34.1 Å². The number of amides is 3. The SMILES string of the molecule is O=C(NNC1CCSCC1)[C@@H]1CCC2CN1C(=O)N2OS(=O)(=O)O. The van der Waals surface area contributed by atoms with Crippen LogP contribution in [0.5, 0.6) is 0 Å². The molecule has 0 saturated carbocycles. The lowest BCUT2D eigenvalue weighted by atomic mass is 10.0. The molecule has 2 bridgehead atoms. The van der Waals surface area contributed by atoms with Gasteiger partial charge in [-0.05, 0) is 37.2 Å². The molecule has 136 valence electrons. The number of thioether (sulfide) groups is 1. The topological polar surface area (TPSA) is 128 Å². The minimum absolute atomic E-state index is 0.187. The van der Waals surface area contributed by atoms with Crippen LogP contribution >= 0.6 is 11.8 Å². The summed E-state index contributed by atoms with van der Waals surface area (Å²) in [5.74, 6) is 1.77. The van der Waals surface area contributed by atoms with Gasteiger partial charge in [-0.1, -0.05) is 0 Å². The van der Waals surface area contributed by atoms with E-state index in [1.807, 2.05) is 11.8 Å². The molecule has 3 N–H and O–H groups in total. The summed E-state index contributed by atoms with van der Waals surface area (Å²) in [7, 11) is -4.78. The van der Waals surface area contributed by atoms with Gasteiger partial charge in [0.25, 0.3) is 5.91 Å². The van der Waals surface area contributed by atoms with Crippen molar-refractivity contribution in [2.75, 3.05) is 18.1 Å².